The molecule has 0 heterocycles. The van der Waals surface area contributed by atoms with Crippen molar-refractivity contribution in [2.75, 3.05) is 17.9 Å². The van der Waals surface area contributed by atoms with Crippen molar-refractivity contribution in [3.8, 4) is 0 Å². The van der Waals surface area contributed by atoms with Gasteiger partial charge in [-0.05, 0) is 24.7 Å². The summed E-state index contributed by atoms with van der Waals surface area (Å²) in [5, 5.41) is 0. The van der Waals surface area contributed by atoms with Gasteiger partial charge in [-0.3, -0.25) is 0 Å². The van der Waals surface area contributed by atoms with Crippen molar-refractivity contribution < 1.29 is 8.42 Å². The fraction of sp³-hybridized carbons (Fsp3) is 1.00. The zero-order valence-corrected chi connectivity index (χ0v) is 8.21. The molecule has 0 spiro atoms. The molecule has 0 unspecified atom stereocenters. The van der Waals surface area contributed by atoms with Gasteiger partial charge in [-0.25, -0.2) is 8.42 Å². The largest absolute Gasteiger partial charge is 0.229 e. The summed E-state index contributed by atoms with van der Waals surface area (Å²) in [6.07, 6.45) is 4.23. The molecule has 4 heteroatoms. The van der Waals surface area contributed by atoms with Crippen molar-refractivity contribution in [2.24, 2.45) is 5.41 Å². The van der Waals surface area contributed by atoms with E-state index in [1.54, 1.807) is 0 Å². The highest BCUT2D eigenvalue weighted by molar-refractivity contribution is 7.90. The molecule has 0 aromatic carbocycles. The van der Waals surface area contributed by atoms with Gasteiger partial charge in [0.2, 0.25) is 0 Å². The summed E-state index contributed by atoms with van der Waals surface area (Å²) in [6.45, 7) is 0. The fourth-order valence-corrected chi connectivity index (χ4v) is 2.23. The quantitative estimate of drug-likeness (QED) is 0.638. The highest BCUT2D eigenvalue weighted by Gasteiger charge is 2.41. The summed E-state index contributed by atoms with van der Waals surface area (Å²) in [6, 6.07) is 0. The summed E-state index contributed by atoms with van der Waals surface area (Å²) in [7, 11) is -2.79. The van der Waals surface area contributed by atoms with Gasteiger partial charge in [0.05, 0.1) is 5.75 Å². The lowest BCUT2D eigenvalue weighted by atomic mass is 10.1. The second-order valence-corrected chi connectivity index (χ2v) is 6.04. The standard InChI is InChI=1S/C7H13ClO2S/c1-11(9,10)5-4-7(6-8)2-3-7/h2-6H2,1H3. The first-order valence-electron chi connectivity index (χ1n) is 3.71. The third kappa shape index (κ3) is 2.99. The summed E-state index contributed by atoms with van der Waals surface area (Å²) in [5.74, 6) is 0.905. The van der Waals surface area contributed by atoms with Gasteiger partial charge < -0.3 is 0 Å². The second kappa shape index (κ2) is 2.94. The maximum atomic E-state index is 10.8. The molecule has 0 bridgehead atoms. The number of sulfone groups is 1. The number of halogens is 1. The van der Waals surface area contributed by atoms with E-state index < -0.39 is 9.84 Å². The van der Waals surface area contributed by atoms with E-state index in [4.69, 9.17) is 11.6 Å². The van der Waals surface area contributed by atoms with Gasteiger partial charge in [0.15, 0.2) is 0 Å². The predicted octanol–water partition coefficient (Wildman–Crippen LogP) is 1.44. The fourth-order valence-electron chi connectivity index (χ4n) is 1.03. The van der Waals surface area contributed by atoms with Gasteiger partial charge in [0, 0.05) is 12.1 Å². The maximum Gasteiger partial charge on any atom is 0.147 e. The Bertz CT molecular complexity index is 229. The van der Waals surface area contributed by atoms with E-state index >= 15 is 0 Å². The molecular weight excluding hydrogens is 184 g/mol. The number of hydrogen-bond donors (Lipinski definition) is 0. The average molecular weight is 197 g/mol. The Labute approximate surface area is 72.9 Å². The SMILES string of the molecule is CS(=O)(=O)CCC1(CCl)CC1. The molecule has 0 N–H and O–H groups in total. The lowest BCUT2D eigenvalue weighted by Crippen LogP contribution is -2.11. The van der Waals surface area contributed by atoms with E-state index in [-0.39, 0.29) is 5.41 Å². The zero-order valence-electron chi connectivity index (χ0n) is 6.64. The zero-order chi connectivity index (χ0) is 8.54. The van der Waals surface area contributed by atoms with Crippen LogP contribution in [-0.4, -0.2) is 26.3 Å². The third-order valence-electron chi connectivity index (χ3n) is 2.24. The van der Waals surface area contributed by atoms with Crippen LogP contribution in [0.25, 0.3) is 0 Å². The Morgan fingerprint density at radius 1 is 1.45 bits per heavy atom. The molecule has 0 aromatic heterocycles. The molecule has 0 atom stereocenters. The molecule has 11 heavy (non-hydrogen) atoms. The van der Waals surface area contributed by atoms with Crippen LogP contribution in [0.1, 0.15) is 19.3 Å². The van der Waals surface area contributed by atoms with Crippen molar-refractivity contribution >= 4 is 21.4 Å². The van der Waals surface area contributed by atoms with Crippen LogP contribution >= 0.6 is 11.6 Å². The van der Waals surface area contributed by atoms with Crippen molar-refractivity contribution in [3.63, 3.8) is 0 Å². The van der Waals surface area contributed by atoms with E-state index in [0.29, 0.717) is 11.6 Å². The van der Waals surface area contributed by atoms with Gasteiger partial charge in [0.25, 0.3) is 0 Å². The molecule has 1 saturated carbocycles. The van der Waals surface area contributed by atoms with Crippen LogP contribution in [-0.2, 0) is 9.84 Å². The molecule has 0 amide bonds. The third-order valence-corrected chi connectivity index (χ3v) is 3.76. The molecule has 0 aliphatic heterocycles. The smallest absolute Gasteiger partial charge is 0.147 e. The lowest BCUT2D eigenvalue weighted by Gasteiger charge is -2.08. The van der Waals surface area contributed by atoms with Crippen LogP contribution in [0.15, 0.2) is 0 Å². The molecule has 1 aliphatic carbocycles. The van der Waals surface area contributed by atoms with Crippen molar-refractivity contribution in [2.45, 2.75) is 19.3 Å². The Morgan fingerprint density at radius 3 is 2.27 bits per heavy atom. The normalized spacial score (nSPS) is 21.6. The van der Waals surface area contributed by atoms with Crippen LogP contribution < -0.4 is 0 Å². The van der Waals surface area contributed by atoms with Crippen molar-refractivity contribution in [3.05, 3.63) is 0 Å². The predicted molar refractivity (Wildman–Crippen MR) is 46.7 cm³/mol. The van der Waals surface area contributed by atoms with E-state index in [9.17, 15) is 8.42 Å². The molecule has 1 fully saturated rings. The number of alkyl halides is 1. The topological polar surface area (TPSA) is 34.1 Å². The maximum absolute atomic E-state index is 10.8. The van der Waals surface area contributed by atoms with Crippen molar-refractivity contribution in [1.29, 1.82) is 0 Å². The molecular formula is C7H13ClO2S. The molecule has 0 aromatic rings. The van der Waals surface area contributed by atoms with Gasteiger partial charge in [-0.15, -0.1) is 11.6 Å². The van der Waals surface area contributed by atoms with E-state index in [2.05, 4.69) is 0 Å². The minimum Gasteiger partial charge on any atom is -0.229 e. The van der Waals surface area contributed by atoms with Gasteiger partial charge >= 0.3 is 0 Å². The van der Waals surface area contributed by atoms with Gasteiger partial charge in [0.1, 0.15) is 9.84 Å². The summed E-state index contributed by atoms with van der Waals surface area (Å²) in [5.41, 5.74) is 0.185. The highest BCUT2D eigenvalue weighted by atomic mass is 35.5. The summed E-state index contributed by atoms with van der Waals surface area (Å²) in [4.78, 5) is 0. The monoisotopic (exact) mass is 196 g/mol. The molecule has 1 rings (SSSR count). The first-order chi connectivity index (χ1) is 4.97. The van der Waals surface area contributed by atoms with Crippen LogP contribution in [0, 0.1) is 5.41 Å². The molecule has 0 saturated heterocycles. The van der Waals surface area contributed by atoms with Crippen LogP contribution in [0.3, 0.4) is 0 Å². The Morgan fingerprint density at radius 2 is 2.00 bits per heavy atom. The molecule has 66 valence electrons. The minimum absolute atomic E-state index is 0.185. The van der Waals surface area contributed by atoms with Crippen LogP contribution in [0.4, 0.5) is 0 Å². The highest BCUT2D eigenvalue weighted by Crippen LogP contribution is 2.49. The van der Waals surface area contributed by atoms with Crippen LogP contribution in [0.5, 0.6) is 0 Å². The number of rotatable bonds is 4. The molecule has 1 aliphatic rings. The van der Waals surface area contributed by atoms with E-state index in [1.807, 2.05) is 0 Å². The van der Waals surface area contributed by atoms with Gasteiger partial charge in [-0.1, -0.05) is 0 Å². The molecule has 2 nitrogen and oxygen atoms in total. The molecule has 0 radical (unpaired) electrons. The first kappa shape index (κ1) is 9.33. The summed E-state index contributed by atoms with van der Waals surface area (Å²) < 4.78 is 21.6. The lowest BCUT2D eigenvalue weighted by molar-refractivity contribution is 0.543. The van der Waals surface area contributed by atoms with Crippen LogP contribution in [0.2, 0.25) is 0 Å². The van der Waals surface area contributed by atoms with E-state index in [1.165, 1.54) is 6.26 Å². The Kier molecular flexibility index (Phi) is 2.49. The van der Waals surface area contributed by atoms with Gasteiger partial charge in [-0.2, -0.15) is 0 Å². The van der Waals surface area contributed by atoms with Crippen molar-refractivity contribution in [1.82, 2.24) is 0 Å². The first-order valence-corrected chi connectivity index (χ1v) is 6.31. The second-order valence-electron chi connectivity index (χ2n) is 3.51. The minimum atomic E-state index is -2.79. The number of hydrogen-bond acceptors (Lipinski definition) is 2. The average Bonchev–Trinajstić information content (AvgIpc) is 2.63. The Hall–Kier alpha value is 0.240. The van der Waals surface area contributed by atoms with E-state index in [0.717, 1.165) is 19.3 Å². The Balaban J connectivity index is 2.33. The summed E-state index contributed by atoms with van der Waals surface area (Å²) >= 11 is 5.69.